The summed E-state index contributed by atoms with van der Waals surface area (Å²) in [7, 11) is 0. The fourth-order valence-electron chi connectivity index (χ4n) is 3.12. The highest BCUT2D eigenvalue weighted by atomic mass is 16.5. The molecule has 0 heterocycles. The fraction of sp³-hybridized carbons (Fsp3) is 0.867. The van der Waals surface area contributed by atoms with E-state index in [1.165, 1.54) is 25.7 Å². The maximum absolute atomic E-state index is 11.7. The van der Waals surface area contributed by atoms with Crippen molar-refractivity contribution in [2.24, 2.45) is 17.8 Å². The molecule has 2 aliphatic carbocycles. The number of ketones is 1. The molecule has 2 rings (SSSR count). The van der Waals surface area contributed by atoms with Crippen molar-refractivity contribution in [3.05, 3.63) is 0 Å². The van der Waals surface area contributed by atoms with Crippen LogP contribution in [0.5, 0.6) is 0 Å². The standard InChI is InChI=1S/C15H24O3/c1-2-3-4-5-6-7-10-18-15(17)14-11-8-9-12(16)13(11)14/h11,13-14H,2-10H2,1H3. The van der Waals surface area contributed by atoms with E-state index < -0.39 is 0 Å². The molecule has 102 valence electrons. The van der Waals surface area contributed by atoms with Crippen LogP contribution in [0.25, 0.3) is 0 Å². The molecule has 0 aromatic carbocycles. The van der Waals surface area contributed by atoms with Crippen molar-refractivity contribution < 1.29 is 14.3 Å². The molecule has 0 aliphatic heterocycles. The highest BCUT2D eigenvalue weighted by Crippen LogP contribution is 2.55. The van der Waals surface area contributed by atoms with Crippen LogP contribution >= 0.6 is 0 Å². The van der Waals surface area contributed by atoms with Crippen molar-refractivity contribution in [3.63, 3.8) is 0 Å². The van der Waals surface area contributed by atoms with Crippen LogP contribution in [-0.2, 0) is 14.3 Å². The summed E-state index contributed by atoms with van der Waals surface area (Å²) in [6.45, 7) is 2.74. The van der Waals surface area contributed by atoms with Crippen molar-refractivity contribution in [1.29, 1.82) is 0 Å². The Hall–Kier alpha value is -0.860. The molecule has 2 fully saturated rings. The van der Waals surface area contributed by atoms with Gasteiger partial charge in [-0.2, -0.15) is 0 Å². The first kappa shape index (κ1) is 13.6. The van der Waals surface area contributed by atoms with Crippen molar-refractivity contribution >= 4 is 11.8 Å². The molecule has 18 heavy (non-hydrogen) atoms. The molecule has 2 saturated carbocycles. The number of carbonyl (C=O) groups is 2. The third-order valence-corrected chi connectivity index (χ3v) is 4.28. The molecule has 0 aromatic heterocycles. The molecular formula is C15H24O3. The van der Waals surface area contributed by atoms with Crippen molar-refractivity contribution in [2.75, 3.05) is 6.61 Å². The number of hydrogen-bond acceptors (Lipinski definition) is 3. The molecule has 3 unspecified atom stereocenters. The minimum atomic E-state index is -0.119. The second-order valence-electron chi connectivity index (χ2n) is 5.66. The quantitative estimate of drug-likeness (QED) is 0.492. The summed E-state index contributed by atoms with van der Waals surface area (Å²) in [5.41, 5.74) is 0. The van der Waals surface area contributed by atoms with Crippen LogP contribution in [0.15, 0.2) is 0 Å². The van der Waals surface area contributed by atoms with Gasteiger partial charge in [-0.1, -0.05) is 39.0 Å². The van der Waals surface area contributed by atoms with Gasteiger partial charge in [-0.15, -0.1) is 0 Å². The van der Waals surface area contributed by atoms with Crippen LogP contribution in [0.4, 0.5) is 0 Å². The van der Waals surface area contributed by atoms with Gasteiger partial charge in [0.05, 0.1) is 12.5 Å². The molecule has 3 heteroatoms. The van der Waals surface area contributed by atoms with Gasteiger partial charge >= 0.3 is 5.97 Å². The Labute approximate surface area is 109 Å². The van der Waals surface area contributed by atoms with Crippen LogP contribution in [0.1, 0.15) is 58.3 Å². The number of hydrogen-bond donors (Lipinski definition) is 0. The first-order valence-corrected chi connectivity index (χ1v) is 7.45. The summed E-state index contributed by atoms with van der Waals surface area (Å²) in [6, 6.07) is 0. The lowest BCUT2D eigenvalue weighted by molar-refractivity contribution is -0.147. The zero-order chi connectivity index (χ0) is 13.0. The smallest absolute Gasteiger partial charge is 0.309 e. The number of fused-ring (bicyclic) bond motifs is 1. The molecule has 0 N–H and O–H groups in total. The molecule has 3 nitrogen and oxygen atoms in total. The summed E-state index contributed by atoms with van der Waals surface area (Å²) in [5, 5.41) is 0. The van der Waals surface area contributed by atoms with Crippen LogP contribution in [0.2, 0.25) is 0 Å². The van der Waals surface area contributed by atoms with E-state index in [4.69, 9.17) is 4.74 Å². The SMILES string of the molecule is CCCCCCCCOC(=O)C1C2CCC(=O)C21. The Morgan fingerprint density at radius 1 is 1.22 bits per heavy atom. The Kier molecular flexibility index (Phi) is 4.79. The maximum Gasteiger partial charge on any atom is 0.309 e. The molecule has 0 spiro atoms. The van der Waals surface area contributed by atoms with Gasteiger partial charge in [0.15, 0.2) is 0 Å². The second-order valence-corrected chi connectivity index (χ2v) is 5.66. The normalized spacial score (nSPS) is 29.2. The Balaban J connectivity index is 1.50. The predicted molar refractivity (Wildman–Crippen MR) is 69.0 cm³/mol. The highest BCUT2D eigenvalue weighted by Gasteiger charge is 2.62. The fourth-order valence-corrected chi connectivity index (χ4v) is 3.12. The van der Waals surface area contributed by atoms with E-state index in [1.807, 2.05) is 0 Å². The lowest BCUT2D eigenvalue weighted by atomic mass is 10.1. The van der Waals surface area contributed by atoms with Crippen molar-refractivity contribution in [1.82, 2.24) is 0 Å². The van der Waals surface area contributed by atoms with Crippen LogP contribution in [0, 0.1) is 17.8 Å². The van der Waals surface area contributed by atoms with E-state index in [-0.39, 0.29) is 23.6 Å². The zero-order valence-electron chi connectivity index (χ0n) is 11.3. The van der Waals surface area contributed by atoms with Crippen molar-refractivity contribution in [2.45, 2.75) is 58.3 Å². The van der Waals surface area contributed by atoms with E-state index in [2.05, 4.69) is 6.92 Å². The van der Waals surface area contributed by atoms with Gasteiger partial charge in [0, 0.05) is 12.3 Å². The van der Waals surface area contributed by atoms with E-state index in [9.17, 15) is 9.59 Å². The number of ether oxygens (including phenoxy) is 1. The molecule has 0 radical (unpaired) electrons. The van der Waals surface area contributed by atoms with Crippen LogP contribution in [-0.4, -0.2) is 18.4 Å². The third-order valence-electron chi connectivity index (χ3n) is 4.28. The Morgan fingerprint density at radius 3 is 2.61 bits per heavy atom. The first-order chi connectivity index (χ1) is 8.75. The first-order valence-electron chi connectivity index (χ1n) is 7.45. The Bertz CT molecular complexity index is 311. The second kappa shape index (κ2) is 6.35. The average molecular weight is 252 g/mol. The van der Waals surface area contributed by atoms with E-state index in [0.717, 1.165) is 19.3 Å². The van der Waals surface area contributed by atoms with Crippen molar-refractivity contribution in [3.8, 4) is 0 Å². The van der Waals surface area contributed by atoms with Gasteiger partial charge in [0.2, 0.25) is 0 Å². The van der Waals surface area contributed by atoms with Gasteiger partial charge in [-0.05, 0) is 18.8 Å². The highest BCUT2D eigenvalue weighted by molar-refractivity contribution is 5.94. The minimum absolute atomic E-state index is 0.0297. The van der Waals surface area contributed by atoms with Crippen LogP contribution in [0.3, 0.4) is 0 Å². The van der Waals surface area contributed by atoms with Gasteiger partial charge < -0.3 is 4.74 Å². The summed E-state index contributed by atoms with van der Waals surface area (Å²) >= 11 is 0. The van der Waals surface area contributed by atoms with Gasteiger partial charge in [-0.3, -0.25) is 9.59 Å². The average Bonchev–Trinajstić information content (AvgIpc) is 2.98. The predicted octanol–water partition coefficient (Wildman–Crippen LogP) is 3.12. The summed E-state index contributed by atoms with van der Waals surface area (Å²) in [4.78, 5) is 23.1. The largest absolute Gasteiger partial charge is 0.465 e. The van der Waals surface area contributed by atoms with Gasteiger partial charge in [0.25, 0.3) is 0 Å². The maximum atomic E-state index is 11.7. The molecule has 0 aromatic rings. The van der Waals surface area contributed by atoms with E-state index in [0.29, 0.717) is 18.9 Å². The number of rotatable bonds is 8. The van der Waals surface area contributed by atoms with Gasteiger partial charge in [0.1, 0.15) is 5.78 Å². The third kappa shape index (κ3) is 3.12. The minimum Gasteiger partial charge on any atom is -0.465 e. The number of unbranched alkanes of at least 4 members (excludes halogenated alkanes) is 5. The lowest BCUT2D eigenvalue weighted by Gasteiger charge is -2.05. The molecule has 0 amide bonds. The molecule has 0 bridgehead atoms. The topological polar surface area (TPSA) is 43.4 Å². The monoisotopic (exact) mass is 252 g/mol. The number of Topliss-reactive ketones (excluding diaryl/α,β-unsaturated/α-hetero) is 1. The molecule has 2 aliphatic rings. The van der Waals surface area contributed by atoms with Crippen LogP contribution < -0.4 is 0 Å². The van der Waals surface area contributed by atoms with E-state index >= 15 is 0 Å². The number of carbonyl (C=O) groups excluding carboxylic acids is 2. The summed E-state index contributed by atoms with van der Waals surface area (Å²) in [5.74, 6) is 0.441. The molecular weight excluding hydrogens is 228 g/mol. The zero-order valence-corrected chi connectivity index (χ0v) is 11.3. The van der Waals surface area contributed by atoms with Gasteiger partial charge in [-0.25, -0.2) is 0 Å². The molecule has 0 saturated heterocycles. The van der Waals surface area contributed by atoms with E-state index in [1.54, 1.807) is 0 Å². The summed E-state index contributed by atoms with van der Waals surface area (Å²) in [6.07, 6.45) is 8.76. The summed E-state index contributed by atoms with van der Waals surface area (Å²) < 4.78 is 5.27. The lowest BCUT2D eigenvalue weighted by Crippen LogP contribution is -2.13. The Morgan fingerprint density at radius 2 is 1.94 bits per heavy atom. The number of esters is 1. The molecule has 3 atom stereocenters.